The van der Waals surface area contributed by atoms with E-state index in [1.54, 1.807) is 18.2 Å². The highest BCUT2D eigenvalue weighted by atomic mass is 35.5. The smallest absolute Gasteiger partial charge is 0.312 e. The van der Waals surface area contributed by atoms with Crippen LogP contribution in [-0.2, 0) is 10.8 Å². The van der Waals surface area contributed by atoms with Gasteiger partial charge >= 0.3 is 5.95 Å². The first-order valence-corrected chi connectivity index (χ1v) is 9.81. The van der Waals surface area contributed by atoms with Gasteiger partial charge in [0.15, 0.2) is 5.69 Å². The predicted molar refractivity (Wildman–Crippen MR) is 116 cm³/mol. The van der Waals surface area contributed by atoms with E-state index in [-0.39, 0.29) is 22.5 Å². The second-order valence-corrected chi connectivity index (χ2v) is 9.80. The second kappa shape index (κ2) is 7.09. The van der Waals surface area contributed by atoms with Gasteiger partial charge in [-0.1, -0.05) is 70.8 Å². The van der Waals surface area contributed by atoms with Crippen molar-refractivity contribution in [2.75, 3.05) is 0 Å². The average molecular weight is 419 g/mol. The summed E-state index contributed by atoms with van der Waals surface area (Å²) in [5, 5.41) is 20.5. The van der Waals surface area contributed by atoms with Gasteiger partial charge in [-0.15, -0.1) is 10.2 Å². The fourth-order valence-electron chi connectivity index (χ4n) is 2.93. The maximum atomic E-state index is 10.4. The normalized spacial score (nSPS) is 13.0. The van der Waals surface area contributed by atoms with Gasteiger partial charge in [0.1, 0.15) is 11.3 Å². The molecule has 0 atom stereocenters. The minimum Gasteiger partial charge on any atom is -0.479 e. The van der Waals surface area contributed by atoms with Crippen molar-refractivity contribution in [3.8, 4) is 5.95 Å². The molecule has 0 aliphatic carbocycles. The van der Waals surface area contributed by atoms with Crippen LogP contribution in [-0.4, -0.2) is 5.11 Å². The van der Waals surface area contributed by atoms with E-state index >= 15 is 0 Å². The van der Waals surface area contributed by atoms with E-state index < -0.39 is 0 Å². The Morgan fingerprint density at radius 3 is 2.18 bits per heavy atom. The number of nitrogens with zero attached hydrogens (tertiary/aromatic N) is 2. The lowest BCUT2D eigenvalue weighted by atomic mass is 9.79. The lowest BCUT2D eigenvalue weighted by molar-refractivity contribution is 0.346. The molecule has 0 aliphatic heterocycles. The summed E-state index contributed by atoms with van der Waals surface area (Å²) in [4.78, 5) is 0. The molecule has 0 fully saturated rings. The highest BCUT2D eigenvalue weighted by molar-refractivity contribution is 6.35. The molecule has 1 aromatic heterocycles. The van der Waals surface area contributed by atoms with Crippen LogP contribution in [0.5, 0.6) is 5.95 Å². The van der Waals surface area contributed by atoms with E-state index in [9.17, 15) is 5.11 Å². The summed E-state index contributed by atoms with van der Waals surface area (Å²) in [7, 11) is 0. The Morgan fingerprint density at radius 2 is 1.57 bits per heavy atom. The van der Waals surface area contributed by atoms with Crippen molar-refractivity contribution in [1.82, 2.24) is 0 Å². The second-order valence-electron chi connectivity index (χ2n) is 8.95. The summed E-state index contributed by atoms with van der Waals surface area (Å²) < 4.78 is 5.71. The third-order valence-electron chi connectivity index (χ3n) is 4.59. The molecule has 0 radical (unpaired) electrons. The number of fused-ring (bicyclic) bond motifs is 1. The Bertz CT molecular complexity index is 1070. The van der Waals surface area contributed by atoms with Crippen molar-refractivity contribution in [1.29, 1.82) is 0 Å². The third kappa shape index (κ3) is 4.03. The van der Waals surface area contributed by atoms with Crippen molar-refractivity contribution < 1.29 is 9.52 Å². The first-order chi connectivity index (χ1) is 12.9. The molecule has 1 heterocycles. The zero-order valence-electron chi connectivity index (χ0n) is 16.9. The molecule has 0 aliphatic rings. The van der Waals surface area contributed by atoms with E-state index in [2.05, 4.69) is 57.8 Å². The molecule has 3 rings (SSSR count). The van der Waals surface area contributed by atoms with E-state index in [1.165, 1.54) is 0 Å². The van der Waals surface area contributed by atoms with Gasteiger partial charge in [0.2, 0.25) is 0 Å². The lowest BCUT2D eigenvalue weighted by Gasteiger charge is -2.25. The van der Waals surface area contributed by atoms with Crippen LogP contribution in [0.4, 0.5) is 11.4 Å². The van der Waals surface area contributed by atoms with Crippen molar-refractivity contribution in [2.24, 2.45) is 10.2 Å². The number of aromatic hydroxyl groups is 1. The monoisotopic (exact) mass is 418 g/mol. The maximum Gasteiger partial charge on any atom is 0.312 e. The Kier molecular flexibility index (Phi) is 5.24. The van der Waals surface area contributed by atoms with Gasteiger partial charge in [0.05, 0.1) is 10.4 Å². The predicted octanol–water partition coefficient (Wildman–Crippen LogP) is 8.46. The molecule has 1 N–H and O–H groups in total. The molecule has 0 unspecified atom stereocenters. The Labute approximate surface area is 175 Å². The summed E-state index contributed by atoms with van der Waals surface area (Å²) in [5.41, 5.74) is 3.20. The highest BCUT2D eigenvalue weighted by Crippen LogP contribution is 2.45. The molecular formula is C22H24Cl2N2O2. The summed E-state index contributed by atoms with van der Waals surface area (Å²) in [6.45, 7) is 12.8. The number of benzene rings is 2. The molecule has 0 saturated carbocycles. The van der Waals surface area contributed by atoms with Crippen molar-refractivity contribution >= 4 is 45.5 Å². The zero-order chi connectivity index (χ0) is 20.9. The summed E-state index contributed by atoms with van der Waals surface area (Å²) in [6, 6.07) is 9.09. The lowest BCUT2D eigenvalue weighted by Crippen LogP contribution is -2.16. The molecule has 2 aromatic carbocycles. The zero-order valence-corrected chi connectivity index (χ0v) is 18.4. The molecular weight excluding hydrogens is 395 g/mol. The van der Waals surface area contributed by atoms with E-state index in [0.29, 0.717) is 21.3 Å². The first kappa shape index (κ1) is 20.7. The van der Waals surface area contributed by atoms with Gasteiger partial charge in [-0.25, -0.2) is 0 Å². The van der Waals surface area contributed by atoms with Crippen LogP contribution in [0.15, 0.2) is 45.0 Å². The molecule has 28 heavy (non-hydrogen) atoms. The standard InChI is InChI=1S/C22H24Cl2N2O2/c1-21(2,3)12-9-14-18(26-25-17-11-13(23)7-8-16(17)24)20(27)28-19(14)15(10-12)22(4,5)6/h7-11,27H,1-6H3. The highest BCUT2D eigenvalue weighted by Gasteiger charge is 2.27. The van der Waals surface area contributed by atoms with E-state index in [4.69, 9.17) is 27.6 Å². The van der Waals surface area contributed by atoms with Crippen LogP contribution in [0.25, 0.3) is 11.0 Å². The molecule has 0 amide bonds. The third-order valence-corrected chi connectivity index (χ3v) is 5.14. The topological polar surface area (TPSA) is 58.1 Å². The number of hydrogen-bond donors (Lipinski definition) is 1. The van der Waals surface area contributed by atoms with Crippen LogP contribution >= 0.6 is 23.2 Å². The van der Waals surface area contributed by atoms with Gasteiger partial charge in [-0.05, 0) is 40.7 Å². The number of rotatable bonds is 2. The molecule has 0 spiro atoms. The number of azo groups is 1. The van der Waals surface area contributed by atoms with Crippen molar-refractivity contribution in [3.63, 3.8) is 0 Å². The first-order valence-electron chi connectivity index (χ1n) is 9.05. The molecule has 148 valence electrons. The van der Waals surface area contributed by atoms with Crippen LogP contribution in [0.1, 0.15) is 52.7 Å². The number of halogens is 2. The summed E-state index contributed by atoms with van der Waals surface area (Å²) in [6.07, 6.45) is 0. The minimum absolute atomic E-state index is 0.0776. The van der Waals surface area contributed by atoms with E-state index in [1.807, 2.05) is 6.07 Å². The van der Waals surface area contributed by atoms with Gasteiger partial charge in [-0.3, -0.25) is 0 Å². The van der Waals surface area contributed by atoms with Crippen molar-refractivity contribution in [2.45, 2.75) is 52.4 Å². The summed E-state index contributed by atoms with van der Waals surface area (Å²) in [5.74, 6) is -0.270. The van der Waals surface area contributed by atoms with Crippen LogP contribution in [0, 0.1) is 0 Å². The maximum absolute atomic E-state index is 10.4. The van der Waals surface area contributed by atoms with Gasteiger partial charge in [-0.2, -0.15) is 0 Å². The molecule has 3 aromatic rings. The van der Waals surface area contributed by atoms with Gasteiger partial charge in [0, 0.05) is 10.6 Å². The average Bonchev–Trinajstić information content (AvgIpc) is 2.88. The quantitative estimate of drug-likeness (QED) is 0.424. The van der Waals surface area contributed by atoms with Crippen LogP contribution in [0.2, 0.25) is 10.0 Å². The largest absolute Gasteiger partial charge is 0.479 e. The molecule has 0 saturated heterocycles. The van der Waals surface area contributed by atoms with Gasteiger partial charge in [0.25, 0.3) is 0 Å². The number of furan rings is 1. The van der Waals surface area contributed by atoms with Crippen LogP contribution < -0.4 is 0 Å². The fourth-order valence-corrected chi connectivity index (χ4v) is 3.25. The SMILES string of the molecule is CC(C)(C)c1cc(C(C)(C)C)c2oc(O)c(N=Nc3cc(Cl)ccc3Cl)c2c1. The van der Waals surface area contributed by atoms with Crippen LogP contribution in [0.3, 0.4) is 0 Å². The van der Waals surface area contributed by atoms with Gasteiger partial charge < -0.3 is 9.52 Å². The Balaban J connectivity index is 2.25. The van der Waals surface area contributed by atoms with Crippen molar-refractivity contribution in [3.05, 3.63) is 51.5 Å². The Hall–Kier alpha value is -2.04. The molecule has 4 nitrogen and oxygen atoms in total. The number of hydrogen-bond acceptors (Lipinski definition) is 4. The molecule has 6 heteroatoms. The fraction of sp³-hybridized carbons (Fsp3) is 0.364. The summed E-state index contributed by atoms with van der Waals surface area (Å²) >= 11 is 12.2. The Morgan fingerprint density at radius 1 is 0.893 bits per heavy atom. The molecule has 0 bridgehead atoms. The minimum atomic E-state index is -0.270. The van der Waals surface area contributed by atoms with E-state index in [0.717, 1.165) is 16.5 Å².